The van der Waals surface area contributed by atoms with Crippen molar-refractivity contribution in [2.75, 3.05) is 37.6 Å². The van der Waals surface area contributed by atoms with E-state index in [1.807, 2.05) is 54.3 Å². The fourth-order valence-electron chi connectivity index (χ4n) is 4.68. The summed E-state index contributed by atoms with van der Waals surface area (Å²) in [5, 5.41) is 8.87. The molecule has 2 heterocycles. The van der Waals surface area contributed by atoms with Gasteiger partial charge in [-0.1, -0.05) is 60.2 Å². The molecule has 2 fully saturated rings. The molecule has 7 nitrogen and oxygen atoms in total. The van der Waals surface area contributed by atoms with Gasteiger partial charge < -0.3 is 14.7 Å². The van der Waals surface area contributed by atoms with E-state index in [0.29, 0.717) is 26.2 Å². The predicted molar refractivity (Wildman–Crippen MR) is 140 cm³/mol. The number of carbonyl (C=O) groups is 2. The molecule has 186 valence electrons. The Hall–Kier alpha value is -3.74. The normalized spacial score (nSPS) is 16.5. The van der Waals surface area contributed by atoms with Crippen molar-refractivity contribution in [1.82, 2.24) is 20.0 Å². The van der Waals surface area contributed by atoms with Gasteiger partial charge in [-0.3, -0.25) is 9.59 Å². The monoisotopic (exact) mass is 483 g/mol. The molecule has 1 saturated heterocycles. The Labute approximate surface area is 212 Å². The van der Waals surface area contributed by atoms with Gasteiger partial charge >= 0.3 is 0 Å². The predicted octanol–water partition coefficient (Wildman–Crippen LogP) is 4.10. The number of nitrogens with zero attached hydrogens (tertiary/aromatic N) is 5. The molecule has 1 aliphatic heterocycles. The number of piperazine rings is 1. The molecule has 0 bridgehead atoms. The second kappa shape index (κ2) is 10.5. The van der Waals surface area contributed by atoms with E-state index in [4.69, 9.17) is 0 Å². The van der Waals surface area contributed by atoms with Crippen LogP contribution in [0.5, 0.6) is 0 Å². The summed E-state index contributed by atoms with van der Waals surface area (Å²) < 4.78 is 0. The molecule has 0 radical (unpaired) electrons. The maximum Gasteiger partial charge on any atom is 0.242 e. The number of hydrogen-bond donors (Lipinski definition) is 0. The molecule has 36 heavy (non-hydrogen) atoms. The molecule has 2 amide bonds. The summed E-state index contributed by atoms with van der Waals surface area (Å²) in [5.74, 6) is 0.998. The Morgan fingerprint density at radius 3 is 2.22 bits per heavy atom. The van der Waals surface area contributed by atoms with E-state index < -0.39 is 0 Å². The molecule has 2 aliphatic rings. The van der Waals surface area contributed by atoms with Crippen LogP contribution in [0.4, 0.5) is 5.82 Å². The molecule has 3 aromatic rings. The van der Waals surface area contributed by atoms with E-state index >= 15 is 0 Å². The zero-order chi connectivity index (χ0) is 25.1. The zero-order valence-electron chi connectivity index (χ0n) is 21.0. The molecule has 0 spiro atoms. The van der Waals surface area contributed by atoms with Gasteiger partial charge in [0.15, 0.2) is 5.82 Å². The summed E-state index contributed by atoms with van der Waals surface area (Å²) in [6.45, 7) is 6.78. The average Bonchev–Trinajstić information content (AvgIpc) is 3.78. The van der Waals surface area contributed by atoms with Crippen molar-refractivity contribution in [3.63, 3.8) is 0 Å². The smallest absolute Gasteiger partial charge is 0.242 e. The zero-order valence-corrected chi connectivity index (χ0v) is 21.0. The summed E-state index contributed by atoms with van der Waals surface area (Å²) in [7, 11) is 0. The number of rotatable bonds is 7. The van der Waals surface area contributed by atoms with E-state index in [0.717, 1.165) is 35.5 Å². The van der Waals surface area contributed by atoms with Crippen LogP contribution in [0.2, 0.25) is 0 Å². The lowest BCUT2D eigenvalue weighted by molar-refractivity contribution is -0.143. The van der Waals surface area contributed by atoms with E-state index in [2.05, 4.69) is 46.3 Å². The van der Waals surface area contributed by atoms with Crippen molar-refractivity contribution in [1.29, 1.82) is 0 Å². The molecular formula is C29H33N5O2. The average molecular weight is 484 g/mol. The van der Waals surface area contributed by atoms with Gasteiger partial charge in [-0.25, -0.2) is 0 Å². The lowest BCUT2D eigenvalue weighted by Gasteiger charge is -2.37. The van der Waals surface area contributed by atoms with Crippen molar-refractivity contribution in [3.05, 3.63) is 77.9 Å². The third-order valence-electron chi connectivity index (χ3n) is 7.22. The van der Waals surface area contributed by atoms with Crippen LogP contribution in [0.3, 0.4) is 0 Å². The standard InChI is InChI=1S/C29H33N5O2/c1-21-8-10-24(11-9-21)26-14-15-27(31-30-26)32-16-18-33(19-17-32)28(35)20-34(29(36)25-12-13-25)22(2)23-6-4-3-5-7-23/h3-11,14-15,22,25H,12-13,16-20H2,1-2H3. The van der Waals surface area contributed by atoms with Crippen LogP contribution in [-0.4, -0.2) is 64.5 Å². The molecule has 1 unspecified atom stereocenters. The lowest BCUT2D eigenvalue weighted by atomic mass is 10.1. The Balaban J connectivity index is 1.19. The molecule has 1 aromatic heterocycles. The number of hydrogen-bond acceptors (Lipinski definition) is 5. The quantitative estimate of drug-likeness (QED) is 0.506. The second-order valence-electron chi connectivity index (χ2n) is 9.84. The Morgan fingerprint density at radius 1 is 0.917 bits per heavy atom. The minimum Gasteiger partial charge on any atom is -0.352 e. The highest BCUT2D eigenvalue weighted by Crippen LogP contribution is 2.34. The van der Waals surface area contributed by atoms with Crippen LogP contribution in [0.1, 0.15) is 36.9 Å². The summed E-state index contributed by atoms with van der Waals surface area (Å²) in [6, 6.07) is 22.1. The maximum atomic E-state index is 13.2. The molecule has 1 aliphatic carbocycles. The number of benzene rings is 2. The highest BCUT2D eigenvalue weighted by molar-refractivity contribution is 5.87. The second-order valence-corrected chi connectivity index (χ2v) is 9.84. The molecule has 1 atom stereocenters. The molecule has 5 rings (SSSR count). The Bertz CT molecular complexity index is 1180. The summed E-state index contributed by atoms with van der Waals surface area (Å²) in [4.78, 5) is 32.1. The molecule has 2 aromatic carbocycles. The first kappa shape index (κ1) is 24.0. The van der Waals surface area contributed by atoms with Gasteiger partial charge in [-0.15, -0.1) is 10.2 Å². The first-order valence-electron chi connectivity index (χ1n) is 12.8. The first-order chi connectivity index (χ1) is 17.5. The fourth-order valence-corrected chi connectivity index (χ4v) is 4.68. The van der Waals surface area contributed by atoms with Crippen molar-refractivity contribution < 1.29 is 9.59 Å². The first-order valence-corrected chi connectivity index (χ1v) is 12.8. The summed E-state index contributed by atoms with van der Waals surface area (Å²) in [6.07, 6.45) is 1.85. The van der Waals surface area contributed by atoms with Crippen LogP contribution in [-0.2, 0) is 9.59 Å². The number of amides is 2. The van der Waals surface area contributed by atoms with Gasteiger partial charge in [0.25, 0.3) is 0 Å². The number of aryl methyl sites for hydroxylation is 1. The minimum absolute atomic E-state index is 0.00670. The topological polar surface area (TPSA) is 69.6 Å². The van der Waals surface area contributed by atoms with E-state index in [1.165, 1.54) is 5.56 Å². The van der Waals surface area contributed by atoms with E-state index in [1.54, 1.807) is 4.90 Å². The van der Waals surface area contributed by atoms with Crippen molar-refractivity contribution in [3.8, 4) is 11.3 Å². The van der Waals surface area contributed by atoms with Crippen molar-refractivity contribution in [2.24, 2.45) is 5.92 Å². The van der Waals surface area contributed by atoms with Gasteiger partial charge in [-0.2, -0.15) is 0 Å². The molecule has 7 heteroatoms. The summed E-state index contributed by atoms with van der Waals surface area (Å²) >= 11 is 0. The maximum absolute atomic E-state index is 13.2. The highest BCUT2D eigenvalue weighted by Gasteiger charge is 2.37. The third-order valence-corrected chi connectivity index (χ3v) is 7.22. The number of anilines is 1. The van der Waals surface area contributed by atoms with Crippen LogP contribution in [0.25, 0.3) is 11.3 Å². The highest BCUT2D eigenvalue weighted by atomic mass is 16.2. The van der Waals surface area contributed by atoms with Gasteiger partial charge in [0.2, 0.25) is 11.8 Å². The number of carbonyl (C=O) groups excluding carboxylic acids is 2. The van der Waals surface area contributed by atoms with Crippen molar-refractivity contribution in [2.45, 2.75) is 32.7 Å². The van der Waals surface area contributed by atoms with Gasteiger partial charge in [0.05, 0.1) is 11.7 Å². The van der Waals surface area contributed by atoms with Crippen molar-refractivity contribution >= 4 is 17.6 Å². The van der Waals surface area contributed by atoms with Gasteiger partial charge in [0.1, 0.15) is 6.54 Å². The van der Waals surface area contributed by atoms with E-state index in [-0.39, 0.29) is 30.3 Å². The van der Waals surface area contributed by atoms with Crippen LogP contribution in [0.15, 0.2) is 66.7 Å². The summed E-state index contributed by atoms with van der Waals surface area (Å²) in [5.41, 5.74) is 4.16. The molecular weight excluding hydrogens is 450 g/mol. The Kier molecular flexibility index (Phi) is 6.98. The van der Waals surface area contributed by atoms with E-state index in [9.17, 15) is 9.59 Å². The third kappa shape index (κ3) is 5.40. The van der Waals surface area contributed by atoms with Gasteiger partial charge in [-0.05, 0) is 44.4 Å². The van der Waals surface area contributed by atoms with Gasteiger partial charge in [0, 0.05) is 37.7 Å². The largest absolute Gasteiger partial charge is 0.352 e. The molecule has 0 N–H and O–H groups in total. The Morgan fingerprint density at radius 2 is 1.61 bits per heavy atom. The minimum atomic E-state index is -0.133. The van der Waals surface area contributed by atoms with Crippen LogP contribution >= 0.6 is 0 Å². The van der Waals surface area contributed by atoms with Crippen LogP contribution in [0, 0.1) is 12.8 Å². The molecule has 1 saturated carbocycles. The fraction of sp³-hybridized carbons (Fsp3) is 0.379. The van der Waals surface area contributed by atoms with Crippen LogP contribution < -0.4 is 4.90 Å². The lowest BCUT2D eigenvalue weighted by Crippen LogP contribution is -2.52. The number of aromatic nitrogens is 2. The SMILES string of the molecule is Cc1ccc(-c2ccc(N3CCN(C(=O)CN(C(=O)C4CC4)C(C)c4ccccc4)CC3)nn2)cc1.